The smallest absolute Gasteiger partial charge is 0.416 e. The van der Waals surface area contributed by atoms with Crippen molar-refractivity contribution in [1.29, 1.82) is 0 Å². The minimum atomic E-state index is -4.61. The number of amides is 1. The predicted octanol–water partition coefficient (Wildman–Crippen LogP) is 3.80. The molecular weight excluding hydrogens is 487 g/mol. The summed E-state index contributed by atoms with van der Waals surface area (Å²) in [6.45, 7) is -0.191. The molecule has 37 heavy (non-hydrogen) atoms. The number of halogens is 3. The molecule has 0 aliphatic rings. The zero-order valence-electron chi connectivity index (χ0n) is 19.4. The number of ether oxygens (including phenoxy) is 1. The standard InChI is InChI=1S/C27H22F3N3O4/c28-27(29,30)23-7-2-1-5-21(23)16-33-24(34)12-13-32(26(33)36)15-18-8-10-22(11-9-18)37-17-19-4-3-6-20(14-19)25(31)35/h1-14H,15-17H2,(H2,31,35). The van der Waals surface area contributed by atoms with Crippen LogP contribution >= 0.6 is 0 Å². The van der Waals surface area contributed by atoms with Crippen molar-refractivity contribution in [2.24, 2.45) is 5.73 Å². The number of carbonyl (C=O) groups excluding carboxylic acids is 1. The molecule has 4 rings (SSSR count). The molecule has 0 saturated carbocycles. The lowest BCUT2D eigenvalue weighted by molar-refractivity contribution is -0.138. The Bertz CT molecular complexity index is 1540. The van der Waals surface area contributed by atoms with E-state index in [2.05, 4.69) is 0 Å². The van der Waals surface area contributed by atoms with Crippen LogP contribution in [-0.2, 0) is 25.9 Å². The fourth-order valence-corrected chi connectivity index (χ4v) is 3.80. The van der Waals surface area contributed by atoms with E-state index < -0.39 is 35.4 Å². The second-order valence-corrected chi connectivity index (χ2v) is 8.30. The van der Waals surface area contributed by atoms with Gasteiger partial charge in [-0.25, -0.2) is 4.79 Å². The summed E-state index contributed by atoms with van der Waals surface area (Å²) in [5.41, 5.74) is 4.67. The summed E-state index contributed by atoms with van der Waals surface area (Å²) in [6.07, 6.45) is -3.30. The molecule has 7 nitrogen and oxygen atoms in total. The van der Waals surface area contributed by atoms with Crippen LogP contribution in [0, 0.1) is 0 Å². The summed E-state index contributed by atoms with van der Waals surface area (Å²) in [5.74, 6) is 0.0200. The van der Waals surface area contributed by atoms with Crippen LogP contribution in [0.2, 0.25) is 0 Å². The Morgan fingerprint density at radius 2 is 1.59 bits per heavy atom. The maximum atomic E-state index is 13.4. The second kappa shape index (κ2) is 10.6. The van der Waals surface area contributed by atoms with Gasteiger partial charge >= 0.3 is 11.9 Å². The van der Waals surface area contributed by atoms with Gasteiger partial charge in [0.15, 0.2) is 0 Å². The molecule has 0 aliphatic heterocycles. The molecule has 0 aliphatic carbocycles. The molecule has 3 aromatic carbocycles. The molecule has 4 aromatic rings. The summed E-state index contributed by atoms with van der Waals surface area (Å²) >= 11 is 0. The lowest BCUT2D eigenvalue weighted by atomic mass is 10.1. The van der Waals surface area contributed by atoms with E-state index in [9.17, 15) is 27.6 Å². The number of nitrogens with zero attached hydrogens (tertiary/aromatic N) is 2. The average Bonchev–Trinajstić information content (AvgIpc) is 2.87. The Balaban J connectivity index is 1.49. The Morgan fingerprint density at radius 3 is 2.30 bits per heavy atom. The number of carbonyl (C=O) groups is 1. The average molecular weight is 509 g/mol. The lowest BCUT2D eigenvalue weighted by Gasteiger charge is -2.14. The summed E-state index contributed by atoms with van der Waals surface area (Å²) in [7, 11) is 0. The molecule has 190 valence electrons. The first kappa shape index (κ1) is 25.5. The highest BCUT2D eigenvalue weighted by atomic mass is 19.4. The van der Waals surface area contributed by atoms with Gasteiger partial charge in [-0.15, -0.1) is 0 Å². The van der Waals surface area contributed by atoms with Gasteiger partial charge in [0.05, 0.1) is 18.7 Å². The number of nitrogens with two attached hydrogens (primary N) is 1. The van der Waals surface area contributed by atoms with Crippen LogP contribution in [0.25, 0.3) is 0 Å². The summed E-state index contributed by atoms with van der Waals surface area (Å²) in [6, 6.07) is 19.6. The Morgan fingerprint density at radius 1 is 0.865 bits per heavy atom. The van der Waals surface area contributed by atoms with Gasteiger partial charge in [-0.2, -0.15) is 13.2 Å². The van der Waals surface area contributed by atoms with E-state index >= 15 is 0 Å². The highest BCUT2D eigenvalue weighted by molar-refractivity contribution is 5.92. The van der Waals surface area contributed by atoms with Crippen molar-refractivity contribution in [3.63, 3.8) is 0 Å². The number of alkyl halides is 3. The van der Waals surface area contributed by atoms with Gasteiger partial charge in [0, 0.05) is 17.8 Å². The highest BCUT2D eigenvalue weighted by Crippen LogP contribution is 2.31. The van der Waals surface area contributed by atoms with Crippen LogP contribution < -0.4 is 21.7 Å². The fraction of sp³-hybridized carbons (Fsp3) is 0.148. The molecule has 0 fully saturated rings. The van der Waals surface area contributed by atoms with Crippen molar-refractivity contribution in [3.8, 4) is 5.75 Å². The number of primary amides is 1. The van der Waals surface area contributed by atoms with E-state index in [1.807, 2.05) is 0 Å². The van der Waals surface area contributed by atoms with Gasteiger partial charge in [0.25, 0.3) is 5.56 Å². The van der Waals surface area contributed by atoms with E-state index in [0.717, 1.165) is 22.3 Å². The number of benzene rings is 3. The van der Waals surface area contributed by atoms with Gasteiger partial charge in [0.2, 0.25) is 5.91 Å². The number of rotatable bonds is 8. The Labute approximate surface area is 209 Å². The first-order valence-corrected chi connectivity index (χ1v) is 11.2. The highest BCUT2D eigenvalue weighted by Gasteiger charge is 2.33. The second-order valence-electron chi connectivity index (χ2n) is 8.30. The van der Waals surface area contributed by atoms with Crippen molar-refractivity contribution in [3.05, 3.63) is 134 Å². The first-order valence-electron chi connectivity index (χ1n) is 11.2. The van der Waals surface area contributed by atoms with E-state index in [1.165, 1.54) is 29.0 Å². The summed E-state index contributed by atoms with van der Waals surface area (Å²) in [4.78, 5) is 36.6. The molecule has 1 aromatic heterocycles. The van der Waals surface area contributed by atoms with Gasteiger partial charge < -0.3 is 10.5 Å². The third kappa shape index (κ3) is 6.16. The minimum Gasteiger partial charge on any atom is -0.489 e. The zero-order chi connectivity index (χ0) is 26.6. The van der Waals surface area contributed by atoms with Gasteiger partial charge in [-0.05, 0) is 47.0 Å². The molecule has 0 atom stereocenters. The van der Waals surface area contributed by atoms with Crippen molar-refractivity contribution < 1.29 is 22.7 Å². The normalized spacial score (nSPS) is 11.3. The molecule has 0 radical (unpaired) electrons. The van der Waals surface area contributed by atoms with Crippen molar-refractivity contribution in [1.82, 2.24) is 9.13 Å². The van der Waals surface area contributed by atoms with E-state index in [0.29, 0.717) is 16.9 Å². The predicted molar refractivity (Wildman–Crippen MR) is 130 cm³/mol. The molecule has 0 spiro atoms. The zero-order valence-corrected chi connectivity index (χ0v) is 19.4. The molecular formula is C27H22F3N3O4. The van der Waals surface area contributed by atoms with Crippen LogP contribution in [0.5, 0.6) is 5.75 Å². The maximum Gasteiger partial charge on any atom is 0.416 e. The van der Waals surface area contributed by atoms with Crippen LogP contribution in [0.3, 0.4) is 0 Å². The summed E-state index contributed by atoms with van der Waals surface area (Å²) < 4.78 is 47.8. The third-order valence-electron chi connectivity index (χ3n) is 5.68. The van der Waals surface area contributed by atoms with Gasteiger partial charge in [-0.1, -0.05) is 42.5 Å². The minimum absolute atomic E-state index is 0.0982. The van der Waals surface area contributed by atoms with E-state index in [-0.39, 0.29) is 18.7 Å². The fourth-order valence-electron chi connectivity index (χ4n) is 3.80. The SMILES string of the molecule is NC(=O)c1cccc(COc2ccc(Cn3ccc(=O)n(Cc4ccccc4C(F)(F)F)c3=O)cc2)c1. The van der Waals surface area contributed by atoms with E-state index in [1.54, 1.807) is 48.5 Å². The van der Waals surface area contributed by atoms with Crippen molar-refractivity contribution in [2.45, 2.75) is 25.9 Å². The van der Waals surface area contributed by atoms with Crippen molar-refractivity contribution >= 4 is 5.91 Å². The molecule has 0 bridgehead atoms. The number of hydrogen-bond acceptors (Lipinski definition) is 4. The van der Waals surface area contributed by atoms with Gasteiger partial charge in [0.1, 0.15) is 12.4 Å². The molecule has 1 amide bonds. The van der Waals surface area contributed by atoms with Crippen LogP contribution in [-0.4, -0.2) is 15.0 Å². The third-order valence-corrected chi connectivity index (χ3v) is 5.68. The topological polar surface area (TPSA) is 96.3 Å². The monoisotopic (exact) mass is 509 g/mol. The molecule has 10 heteroatoms. The van der Waals surface area contributed by atoms with Crippen LogP contribution in [0.1, 0.15) is 32.6 Å². The number of aromatic nitrogens is 2. The van der Waals surface area contributed by atoms with Crippen LogP contribution in [0.15, 0.2) is 94.6 Å². The molecule has 1 heterocycles. The molecule has 0 saturated heterocycles. The van der Waals surface area contributed by atoms with E-state index in [4.69, 9.17) is 10.5 Å². The quantitative estimate of drug-likeness (QED) is 0.391. The van der Waals surface area contributed by atoms with Gasteiger partial charge in [-0.3, -0.25) is 18.7 Å². The largest absolute Gasteiger partial charge is 0.489 e. The van der Waals surface area contributed by atoms with Crippen molar-refractivity contribution in [2.75, 3.05) is 0 Å². The molecule has 0 unspecified atom stereocenters. The Hall–Kier alpha value is -4.60. The van der Waals surface area contributed by atoms with Crippen LogP contribution in [0.4, 0.5) is 13.2 Å². The lowest BCUT2D eigenvalue weighted by Crippen LogP contribution is -2.39. The molecule has 2 N–H and O–H groups in total. The first-order chi connectivity index (χ1) is 17.6. The maximum absolute atomic E-state index is 13.4. The summed E-state index contributed by atoms with van der Waals surface area (Å²) in [5, 5.41) is 0. The Kier molecular flexibility index (Phi) is 7.28. The number of hydrogen-bond donors (Lipinski definition) is 1.